The Kier molecular flexibility index (Phi) is 4.84. The second kappa shape index (κ2) is 7.43. The molecule has 0 unspecified atom stereocenters. The molecule has 140 valence electrons. The van der Waals surface area contributed by atoms with Crippen LogP contribution < -0.4 is 15.0 Å². The highest BCUT2D eigenvalue weighted by Gasteiger charge is 2.24. The summed E-state index contributed by atoms with van der Waals surface area (Å²) in [6.07, 6.45) is 5.99. The number of fused-ring (bicyclic) bond motifs is 1. The number of nitrogens with zero attached hydrogens (tertiary/aromatic N) is 1. The molecule has 0 aromatic heterocycles. The molecule has 1 saturated heterocycles. The minimum Gasteiger partial charge on any atom is -0.494 e. The van der Waals surface area contributed by atoms with Gasteiger partial charge in [0.25, 0.3) is 5.91 Å². The summed E-state index contributed by atoms with van der Waals surface area (Å²) >= 11 is 0. The van der Waals surface area contributed by atoms with E-state index >= 15 is 0 Å². The molecule has 4 rings (SSSR count). The first-order valence-electron chi connectivity index (χ1n) is 9.57. The lowest BCUT2D eigenvalue weighted by Gasteiger charge is -2.20. The summed E-state index contributed by atoms with van der Waals surface area (Å²) in [6, 6.07) is 11.4. The summed E-state index contributed by atoms with van der Waals surface area (Å²) in [5.41, 5.74) is 4.73. The number of benzene rings is 2. The van der Waals surface area contributed by atoms with Crippen molar-refractivity contribution in [3.63, 3.8) is 0 Å². The van der Waals surface area contributed by atoms with Crippen molar-refractivity contribution in [2.45, 2.75) is 38.5 Å². The number of carbonyl (C=O) groups excluding carboxylic acids is 2. The lowest BCUT2D eigenvalue weighted by molar-refractivity contribution is -0.117. The molecule has 1 heterocycles. The van der Waals surface area contributed by atoms with Crippen molar-refractivity contribution in [2.24, 2.45) is 0 Å². The minimum absolute atomic E-state index is 0.110. The molecule has 27 heavy (non-hydrogen) atoms. The van der Waals surface area contributed by atoms with Crippen molar-refractivity contribution < 1.29 is 14.3 Å². The Bertz CT molecular complexity index is 891. The van der Waals surface area contributed by atoms with E-state index < -0.39 is 0 Å². The van der Waals surface area contributed by atoms with E-state index in [0.717, 1.165) is 24.9 Å². The van der Waals surface area contributed by atoms with E-state index in [0.29, 0.717) is 30.0 Å². The van der Waals surface area contributed by atoms with Gasteiger partial charge in [0.2, 0.25) is 5.91 Å². The van der Waals surface area contributed by atoms with Gasteiger partial charge in [-0.2, -0.15) is 0 Å². The highest BCUT2D eigenvalue weighted by molar-refractivity contribution is 6.05. The molecule has 0 saturated carbocycles. The Morgan fingerprint density at radius 3 is 2.56 bits per heavy atom. The Labute approximate surface area is 159 Å². The number of nitrogens with one attached hydrogen (secondary N) is 1. The number of rotatable bonds is 4. The fourth-order valence-corrected chi connectivity index (χ4v) is 3.96. The zero-order chi connectivity index (χ0) is 18.8. The smallest absolute Gasteiger partial charge is 0.255 e. The standard InChI is InChI=1S/C22H24N2O3/c1-27-20-14-18(10-11-19(20)24-12-4-7-21(24)25)23-22(26)17-9-8-15-5-2-3-6-16(15)13-17/h8-11,13-14H,2-7,12H2,1H3,(H,23,26). The molecule has 0 spiro atoms. The fraction of sp³-hybridized carbons (Fsp3) is 0.364. The average molecular weight is 364 g/mol. The predicted octanol–water partition coefficient (Wildman–Crippen LogP) is 3.95. The van der Waals surface area contributed by atoms with E-state index in [1.165, 1.54) is 24.0 Å². The van der Waals surface area contributed by atoms with Crippen LogP contribution in [0.2, 0.25) is 0 Å². The number of methoxy groups -OCH3 is 1. The van der Waals surface area contributed by atoms with Crippen molar-refractivity contribution in [1.82, 2.24) is 0 Å². The quantitative estimate of drug-likeness (QED) is 0.894. The van der Waals surface area contributed by atoms with E-state index in [1.807, 2.05) is 24.3 Å². The van der Waals surface area contributed by atoms with Crippen LogP contribution in [0.25, 0.3) is 0 Å². The van der Waals surface area contributed by atoms with Crippen molar-refractivity contribution in [3.8, 4) is 5.75 Å². The Morgan fingerprint density at radius 2 is 1.81 bits per heavy atom. The molecule has 1 N–H and O–H groups in total. The van der Waals surface area contributed by atoms with Crippen LogP contribution in [0.4, 0.5) is 11.4 Å². The third kappa shape index (κ3) is 3.54. The maximum atomic E-state index is 12.7. The topological polar surface area (TPSA) is 58.6 Å². The number of anilines is 2. The van der Waals surface area contributed by atoms with Crippen LogP contribution in [0.15, 0.2) is 36.4 Å². The van der Waals surface area contributed by atoms with Gasteiger partial charge in [0.05, 0.1) is 12.8 Å². The minimum atomic E-state index is -0.129. The monoisotopic (exact) mass is 364 g/mol. The first-order valence-corrected chi connectivity index (χ1v) is 9.57. The molecule has 2 aliphatic rings. The summed E-state index contributed by atoms with van der Waals surface area (Å²) in [4.78, 5) is 26.4. The van der Waals surface area contributed by atoms with Crippen LogP contribution in [0.5, 0.6) is 5.75 Å². The summed E-state index contributed by atoms with van der Waals surface area (Å²) in [7, 11) is 1.58. The molecule has 2 aromatic rings. The second-order valence-electron chi connectivity index (χ2n) is 7.18. The van der Waals surface area contributed by atoms with E-state index in [9.17, 15) is 9.59 Å². The SMILES string of the molecule is COc1cc(NC(=O)c2ccc3c(c2)CCCC3)ccc1N1CCCC1=O. The van der Waals surface area contributed by atoms with Crippen LogP contribution in [0, 0.1) is 0 Å². The first kappa shape index (κ1) is 17.6. The summed E-state index contributed by atoms with van der Waals surface area (Å²) in [5, 5.41) is 2.95. The van der Waals surface area contributed by atoms with E-state index in [1.54, 1.807) is 18.1 Å². The number of aryl methyl sites for hydroxylation is 2. The lowest BCUT2D eigenvalue weighted by atomic mass is 9.90. The highest BCUT2D eigenvalue weighted by Crippen LogP contribution is 2.34. The normalized spacial score (nSPS) is 16.2. The van der Waals surface area contributed by atoms with Gasteiger partial charge in [-0.25, -0.2) is 0 Å². The van der Waals surface area contributed by atoms with E-state index in [4.69, 9.17) is 4.74 Å². The number of hydrogen-bond acceptors (Lipinski definition) is 3. The molecular formula is C22H24N2O3. The van der Waals surface area contributed by atoms with Gasteiger partial charge in [-0.05, 0) is 67.5 Å². The molecule has 0 bridgehead atoms. The molecule has 5 heteroatoms. The van der Waals surface area contributed by atoms with Gasteiger partial charge in [0.15, 0.2) is 0 Å². The fourth-order valence-electron chi connectivity index (χ4n) is 3.96. The molecule has 1 aliphatic heterocycles. The van der Waals surface area contributed by atoms with Gasteiger partial charge in [0, 0.05) is 30.3 Å². The molecule has 5 nitrogen and oxygen atoms in total. The summed E-state index contributed by atoms with van der Waals surface area (Å²) in [5.74, 6) is 0.572. The van der Waals surface area contributed by atoms with E-state index in [2.05, 4.69) is 11.4 Å². The number of hydrogen-bond donors (Lipinski definition) is 1. The van der Waals surface area contributed by atoms with Gasteiger partial charge in [-0.15, -0.1) is 0 Å². The maximum absolute atomic E-state index is 12.7. The van der Waals surface area contributed by atoms with Gasteiger partial charge < -0.3 is 15.0 Å². The van der Waals surface area contributed by atoms with Crippen LogP contribution in [0.3, 0.4) is 0 Å². The van der Waals surface area contributed by atoms with Gasteiger partial charge in [-0.3, -0.25) is 9.59 Å². The third-order valence-electron chi connectivity index (χ3n) is 5.41. The molecular weight excluding hydrogens is 340 g/mol. The second-order valence-corrected chi connectivity index (χ2v) is 7.18. The molecule has 1 aliphatic carbocycles. The third-order valence-corrected chi connectivity index (χ3v) is 5.41. The molecule has 0 atom stereocenters. The highest BCUT2D eigenvalue weighted by atomic mass is 16.5. The zero-order valence-electron chi connectivity index (χ0n) is 15.6. The van der Waals surface area contributed by atoms with Gasteiger partial charge >= 0.3 is 0 Å². The van der Waals surface area contributed by atoms with Gasteiger partial charge in [-0.1, -0.05) is 6.07 Å². The van der Waals surface area contributed by atoms with Crippen molar-refractivity contribution in [2.75, 3.05) is 23.9 Å². The average Bonchev–Trinajstić information content (AvgIpc) is 3.13. The maximum Gasteiger partial charge on any atom is 0.255 e. The van der Waals surface area contributed by atoms with Crippen molar-refractivity contribution >= 4 is 23.2 Å². The summed E-state index contributed by atoms with van der Waals surface area (Å²) < 4.78 is 5.46. The van der Waals surface area contributed by atoms with Crippen LogP contribution in [-0.4, -0.2) is 25.5 Å². The molecule has 2 aromatic carbocycles. The molecule has 1 fully saturated rings. The van der Waals surface area contributed by atoms with Crippen LogP contribution in [0.1, 0.15) is 47.2 Å². The lowest BCUT2D eigenvalue weighted by Crippen LogP contribution is -2.24. The zero-order valence-corrected chi connectivity index (χ0v) is 15.6. The predicted molar refractivity (Wildman–Crippen MR) is 106 cm³/mol. The Hall–Kier alpha value is -2.82. The Balaban J connectivity index is 1.53. The molecule has 0 radical (unpaired) electrons. The molecule has 2 amide bonds. The number of carbonyl (C=O) groups is 2. The summed E-state index contributed by atoms with van der Waals surface area (Å²) in [6.45, 7) is 0.704. The first-order chi connectivity index (χ1) is 13.2. The van der Waals surface area contributed by atoms with E-state index in [-0.39, 0.29) is 11.8 Å². The van der Waals surface area contributed by atoms with Crippen molar-refractivity contribution in [3.05, 3.63) is 53.1 Å². The van der Waals surface area contributed by atoms with Crippen molar-refractivity contribution in [1.29, 1.82) is 0 Å². The largest absolute Gasteiger partial charge is 0.494 e. The number of amides is 2. The number of ether oxygens (including phenoxy) is 1. The van der Waals surface area contributed by atoms with Gasteiger partial charge in [0.1, 0.15) is 5.75 Å². The Morgan fingerprint density at radius 1 is 1.00 bits per heavy atom. The van der Waals surface area contributed by atoms with Crippen LogP contribution in [-0.2, 0) is 17.6 Å². The van der Waals surface area contributed by atoms with Crippen LogP contribution >= 0.6 is 0 Å².